The zero-order chi connectivity index (χ0) is 24.4. The minimum absolute atomic E-state index is 0.357. The molecule has 0 fully saturated rings. The number of halogens is 8. The van der Waals surface area contributed by atoms with E-state index in [1.54, 1.807) is 0 Å². The molecule has 1 atom stereocenters. The van der Waals surface area contributed by atoms with E-state index in [0.717, 1.165) is 6.07 Å². The second-order valence-electron chi connectivity index (χ2n) is 6.48. The molecule has 0 spiro atoms. The third-order valence-electron chi connectivity index (χ3n) is 4.06. The van der Waals surface area contributed by atoms with E-state index < -0.39 is 69.5 Å². The van der Waals surface area contributed by atoms with Crippen molar-refractivity contribution in [1.82, 2.24) is 9.29 Å². The molecular weight excluding hydrogens is 478 g/mol. The molecule has 0 saturated heterocycles. The number of nitrogens with one attached hydrogen (secondary N) is 2. The van der Waals surface area contributed by atoms with Gasteiger partial charge in [0.25, 0.3) is 18.8 Å². The zero-order valence-corrected chi connectivity index (χ0v) is 16.7. The first-order chi connectivity index (χ1) is 14.6. The molecule has 0 aliphatic carbocycles. The van der Waals surface area contributed by atoms with Crippen LogP contribution in [-0.2, 0) is 16.6 Å². The molecule has 6 nitrogen and oxygen atoms in total. The van der Waals surface area contributed by atoms with E-state index in [4.69, 9.17) is 0 Å². The van der Waals surface area contributed by atoms with Gasteiger partial charge >= 0.3 is 6.18 Å². The fourth-order valence-corrected chi connectivity index (χ4v) is 3.74. The first-order valence-corrected chi connectivity index (χ1v) is 10.1. The fourth-order valence-electron chi connectivity index (χ4n) is 2.47. The molecule has 178 valence electrons. The predicted molar refractivity (Wildman–Crippen MR) is 95.6 cm³/mol. The van der Waals surface area contributed by atoms with E-state index in [9.17, 15) is 48.3 Å². The van der Waals surface area contributed by atoms with Gasteiger partial charge in [-0.2, -0.15) is 17.9 Å². The highest BCUT2D eigenvalue weighted by Gasteiger charge is 2.39. The summed E-state index contributed by atoms with van der Waals surface area (Å²) in [5.41, 5.74) is -2.13. The molecule has 2 N–H and O–H groups in total. The Morgan fingerprint density at radius 2 is 1.75 bits per heavy atom. The lowest BCUT2D eigenvalue weighted by atomic mass is 10.2. The summed E-state index contributed by atoms with van der Waals surface area (Å²) >= 11 is 0. The summed E-state index contributed by atoms with van der Waals surface area (Å²) in [6, 6.07) is 0.121. The van der Waals surface area contributed by atoms with Gasteiger partial charge in [0.05, 0.1) is 12.1 Å². The van der Waals surface area contributed by atoms with E-state index in [0.29, 0.717) is 35.9 Å². The Labute approximate surface area is 176 Å². The zero-order valence-electron chi connectivity index (χ0n) is 15.9. The van der Waals surface area contributed by atoms with Crippen LogP contribution < -0.4 is 10.0 Å². The van der Waals surface area contributed by atoms with Crippen molar-refractivity contribution in [1.29, 1.82) is 0 Å². The number of sulfonamides is 1. The molecular formula is C17H15F8N3O3S. The number of hydrogen-bond acceptors (Lipinski definition) is 3. The van der Waals surface area contributed by atoms with Crippen LogP contribution in [0.2, 0.25) is 0 Å². The van der Waals surface area contributed by atoms with Gasteiger partial charge in [0, 0.05) is 11.9 Å². The van der Waals surface area contributed by atoms with Crippen molar-refractivity contribution in [3.8, 4) is 0 Å². The SMILES string of the molecule is C[C@H](NS(=O)(=O)c1cc(C(=O)Nc2ccc(F)c(C(F)F)c2)n(CC(F)F)c1)C(F)(F)F. The quantitative estimate of drug-likeness (QED) is 0.538. The van der Waals surface area contributed by atoms with Crippen LogP contribution >= 0.6 is 0 Å². The van der Waals surface area contributed by atoms with Crippen molar-refractivity contribution >= 4 is 21.6 Å². The lowest BCUT2D eigenvalue weighted by Crippen LogP contribution is -2.42. The summed E-state index contributed by atoms with van der Waals surface area (Å²) in [7, 11) is -4.87. The van der Waals surface area contributed by atoms with Gasteiger partial charge < -0.3 is 9.88 Å². The van der Waals surface area contributed by atoms with Gasteiger partial charge in [0.2, 0.25) is 10.0 Å². The number of benzene rings is 1. The summed E-state index contributed by atoms with van der Waals surface area (Å²) in [6.07, 6.45) is -10.7. The normalized spacial score (nSPS) is 13.6. The Morgan fingerprint density at radius 3 is 2.28 bits per heavy atom. The highest BCUT2D eigenvalue weighted by molar-refractivity contribution is 7.89. The van der Waals surface area contributed by atoms with Crippen LogP contribution in [0.4, 0.5) is 40.8 Å². The van der Waals surface area contributed by atoms with E-state index in [1.807, 2.05) is 5.32 Å². The highest BCUT2D eigenvalue weighted by Crippen LogP contribution is 2.26. The van der Waals surface area contributed by atoms with Crippen LogP contribution in [0, 0.1) is 5.82 Å². The van der Waals surface area contributed by atoms with Crippen molar-refractivity contribution in [2.75, 3.05) is 5.32 Å². The van der Waals surface area contributed by atoms with Gasteiger partial charge in [-0.05, 0) is 31.2 Å². The smallest absolute Gasteiger partial charge is 0.336 e. The van der Waals surface area contributed by atoms with Crippen LogP contribution in [0.15, 0.2) is 35.4 Å². The monoisotopic (exact) mass is 493 g/mol. The number of rotatable bonds is 8. The maximum atomic E-state index is 13.4. The number of carbonyl (C=O) groups excluding carboxylic acids is 1. The molecule has 0 aliphatic heterocycles. The third kappa shape index (κ3) is 6.18. The maximum absolute atomic E-state index is 13.4. The first-order valence-electron chi connectivity index (χ1n) is 8.58. The number of amides is 1. The van der Waals surface area contributed by atoms with E-state index in [-0.39, 0.29) is 5.69 Å². The molecule has 1 aromatic heterocycles. The number of carbonyl (C=O) groups is 1. The van der Waals surface area contributed by atoms with Gasteiger partial charge in [0.1, 0.15) is 22.4 Å². The lowest BCUT2D eigenvalue weighted by molar-refractivity contribution is -0.147. The number of aromatic nitrogens is 1. The summed E-state index contributed by atoms with van der Waals surface area (Å²) in [5.74, 6) is -2.51. The number of alkyl halides is 7. The molecule has 0 unspecified atom stereocenters. The number of hydrogen-bond donors (Lipinski definition) is 2. The molecule has 1 aromatic carbocycles. The standard InChI is InChI=1S/C17H15F8N3O3S/c1-8(17(23,24)25)27-32(30,31)10-5-13(28(6-10)7-14(19)20)16(29)26-9-2-3-12(18)11(4-9)15(21)22/h2-6,8,14-15,27H,7H2,1H3,(H,26,29)/t8-/m0/s1. The minimum atomic E-state index is -4.94. The van der Waals surface area contributed by atoms with E-state index in [1.165, 1.54) is 4.72 Å². The number of anilines is 1. The average Bonchev–Trinajstić information content (AvgIpc) is 3.06. The Balaban J connectivity index is 2.39. The summed E-state index contributed by atoms with van der Waals surface area (Å²) in [5, 5.41) is 2.02. The van der Waals surface area contributed by atoms with Crippen molar-refractivity contribution < 1.29 is 48.3 Å². The Bertz CT molecular complexity index is 1080. The molecule has 2 aromatic rings. The van der Waals surface area contributed by atoms with Gasteiger partial charge in [-0.3, -0.25) is 4.79 Å². The van der Waals surface area contributed by atoms with E-state index >= 15 is 0 Å². The Hall–Kier alpha value is -2.68. The van der Waals surface area contributed by atoms with Crippen LogP contribution in [0.5, 0.6) is 0 Å². The Kier molecular flexibility index (Phi) is 7.55. The van der Waals surface area contributed by atoms with Crippen LogP contribution in [0.1, 0.15) is 29.4 Å². The molecule has 0 radical (unpaired) electrons. The maximum Gasteiger partial charge on any atom is 0.404 e. The van der Waals surface area contributed by atoms with Gasteiger partial charge in [-0.1, -0.05) is 0 Å². The van der Waals surface area contributed by atoms with Crippen molar-refractivity contribution in [2.24, 2.45) is 0 Å². The first kappa shape index (κ1) is 25.6. The molecule has 32 heavy (non-hydrogen) atoms. The van der Waals surface area contributed by atoms with Crippen molar-refractivity contribution in [2.45, 2.75) is 43.4 Å². The molecule has 1 heterocycles. The molecule has 2 rings (SSSR count). The summed E-state index contributed by atoms with van der Waals surface area (Å²) in [4.78, 5) is 11.5. The summed E-state index contributed by atoms with van der Waals surface area (Å²) in [6.45, 7) is -0.685. The topological polar surface area (TPSA) is 80.2 Å². The number of nitrogens with zero attached hydrogens (tertiary/aromatic N) is 1. The predicted octanol–water partition coefficient (Wildman–Crippen LogP) is 4.31. The molecule has 0 bridgehead atoms. The average molecular weight is 493 g/mol. The molecule has 0 saturated carbocycles. The fraction of sp³-hybridized carbons (Fsp3) is 0.353. The highest BCUT2D eigenvalue weighted by atomic mass is 32.2. The van der Waals surface area contributed by atoms with Crippen molar-refractivity contribution in [3.63, 3.8) is 0 Å². The summed E-state index contributed by atoms with van der Waals surface area (Å²) < 4.78 is 129. The largest absolute Gasteiger partial charge is 0.404 e. The second-order valence-corrected chi connectivity index (χ2v) is 8.19. The minimum Gasteiger partial charge on any atom is -0.336 e. The van der Waals surface area contributed by atoms with E-state index in [2.05, 4.69) is 0 Å². The van der Waals surface area contributed by atoms with Gasteiger partial charge in [0.15, 0.2) is 0 Å². The Morgan fingerprint density at radius 1 is 1.12 bits per heavy atom. The van der Waals surface area contributed by atoms with Crippen LogP contribution in [0.3, 0.4) is 0 Å². The van der Waals surface area contributed by atoms with Crippen molar-refractivity contribution in [3.05, 3.63) is 47.5 Å². The van der Waals surface area contributed by atoms with Gasteiger partial charge in [-0.15, -0.1) is 0 Å². The third-order valence-corrected chi connectivity index (χ3v) is 5.57. The molecule has 15 heteroatoms. The molecule has 1 amide bonds. The lowest BCUT2D eigenvalue weighted by Gasteiger charge is -2.16. The van der Waals surface area contributed by atoms with Crippen LogP contribution in [-0.4, -0.2) is 37.5 Å². The molecule has 0 aliphatic rings. The second kappa shape index (κ2) is 9.44. The van der Waals surface area contributed by atoms with Gasteiger partial charge in [-0.25, -0.2) is 30.4 Å². The van der Waals surface area contributed by atoms with Crippen LogP contribution in [0.25, 0.3) is 0 Å².